The predicted octanol–water partition coefficient (Wildman–Crippen LogP) is 1.41. The zero-order valence-electron chi connectivity index (χ0n) is 8.52. The second-order valence-corrected chi connectivity index (χ2v) is 3.34. The molecule has 92 valence electrons. The van der Waals surface area contributed by atoms with Crippen molar-refractivity contribution in [2.24, 2.45) is 0 Å². The van der Waals surface area contributed by atoms with Gasteiger partial charge < -0.3 is 10.2 Å². The van der Waals surface area contributed by atoms with Crippen LogP contribution >= 0.6 is 0 Å². The van der Waals surface area contributed by atoms with E-state index in [9.17, 15) is 23.4 Å². The Morgan fingerprint density at radius 1 is 1.41 bits per heavy atom. The van der Waals surface area contributed by atoms with Crippen molar-refractivity contribution in [3.63, 3.8) is 0 Å². The maximum atomic E-state index is 12.4. The fraction of sp³-hybridized carbons (Fsp3) is 0.400. The van der Waals surface area contributed by atoms with Crippen LogP contribution in [0.4, 0.5) is 13.2 Å². The molecule has 2 unspecified atom stereocenters. The molecule has 0 aromatic carbocycles. The van der Waals surface area contributed by atoms with Crippen LogP contribution in [-0.4, -0.2) is 21.3 Å². The smallest absolute Gasteiger partial charge is 0.389 e. The number of hydrogen-bond acceptors (Lipinski definition) is 4. The highest BCUT2D eigenvalue weighted by atomic mass is 19.4. The average Bonchev–Trinajstić information content (AvgIpc) is 2.27. The summed E-state index contributed by atoms with van der Waals surface area (Å²) >= 11 is 0. The number of aliphatic hydroxyl groups is 2. The van der Waals surface area contributed by atoms with Gasteiger partial charge in [0.15, 0.2) is 0 Å². The number of aliphatic hydroxyl groups excluding tert-OH is 2. The molecule has 7 heteroatoms. The lowest BCUT2D eigenvalue weighted by Gasteiger charge is -2.15. The Morgan fingerprint density at radius 3 is 2.59 bits per heavy atom. The molecular weight excluding hydrogens is 237 g/mol. The minimum atomic E-state index is -4.54. The van der Waals surface area contributed by atoms with E-state index in [2.05, 4.69) is 4.98 Å². The molecule has 0 saturated carbocycles. The van der Waals surface area contributed by atoms with E-state index in [-0.39, 0.29) is 12.1 Å². The zero-order chi connectivity index (χ0) is 13.1. The van der Waals surface area contributed by atoms with Gasteiger partial charge in [-0.15, -0.1) is 0 Å². The highest BCUT2D eigenvalue weighted by Gasteiger charge is 2.32. The molecule has 0 aliphatic rings. The van der Waals surface area contributed by atoms with Crippen LogP contribution in [0.25, 0.3) is 0 Å². The summed E-state index contributed by atoms with van der Waals surface area (Å²) in [4.78, 5) is 3.54. The minimum absolute atomic E-state index is 0.317. The Hall–Kier alpha value is -1.65. The summed E-state index contributed by atoms with van der Waals surface area (Å²) in [6.07, 6.45) is -7.12. The van der Waals surface area contributed by atoms with Crippen molar-refractivity contribution in [2.45, 2.75) is 24.8 Å². The highest BCUT2D eigenvalue weighted by Crippen LogP contribution is 2.30. The van der Waals surface area contributed by atoms with Crippen LogP contribution in [0.3, 0.4) is 0 Å². The van der Waals surface area contributed by atoms with Crippen molar-refractivity contribution in [1.29, 1.82) is 5.26 Å². The number of nitriles is 1. The number of alkyl halides is 3. The maximum absolute atomic E-state index is 12.4. The quantitative estimate of drug-likeness (QED) is 0.845. The number of rotatable bonds is 3. The first kappa shape index (κ1) is 13.4. The van der Waals surface area contributed by atoms with Gasteiger partial charge in [0.25, 0.3) is 0 Å². The van der Waals surface area contributed by atoms with Crippen molar-refractivity contribution < 1.29 is 23.4 Å². The van der Waals surface area contributed by atoms with Gasteiger partial charge in [-0.05, 0) is 12.1 Å². The summed E-state index contributed by atoms with van der Waals surface area (Å²) < 4.78 is 37.1. The first-order chi connectivity index (χ1) is 7.86. The molecule has 1 heterocycles. The van der Waals surface area contributed by atoms with Crippen LogP contribution in [0.15, 0.2) is 18.3 Å². The standard InChI is InChI=1S/C10H9F3N2O2/c11-10(12,13)6-2-4-15-7(5-6)9(17)8(16)1-3-14/h2,4-5,8-9,16-17H,1H2. The first-order valence-electron chi connectivity index (χ1n) is 4.62. The van der Waals surface area contributed by atoms with Crippen molar-refractivity contribution in [2.75, 3.05) is 0 Å². The van der Waals surface area contributed by atoms with Gasteiger partial charge in [-0.2, -0.15) is 18.4 Å². The van der Waals surface area contributed by atoms with Gasteiger partial charge in [-0.3, -0.25) is 4.98 Å². The summed E-state index contributed by atoms with van der Waals surface area (Å²) in [5, 5.41) is 27.0. The van der Waals surface area contributed by atoms with E-state index in [0.717, 1.165) is 12.3 Å². The SMILES string of the molecule is N#CCC(O)C(O)c1cc(C(F)(F)F)ccn1. The second-order valence-electron chi connectivity index (χ2n) is 3.34. The number of aromatic nitrogens is 1. The zero-order valence-corrected chi connectivity index (χ0v) is 8.52. The van der Waals surface area contributed by atoms with Crippen molar-refractivity contribution >= 4 is 0 Å². The lowest BCUT2D eigenvalue weighted by molar-refractivity contribution is -0.137. The third-order valence-electron chi connectivity index (χ3n) is 2.08. The summed E-state index contributed by atoms with van der Waals surface area (Å²) in [7, 11) is 0. The molecule has 1 aromatic heterocycles. The van der Waals surface area contributed by atoms with Crippen LogP contribution in [0.1, 0.15) is 23.8 Å². The Labute approximate surface area is 95.0 Å². The van der Waals surface area contributed by atoms with Crippen LogP contribution in [0.5, 0.6) is 0 Å². The number of halogens is 3. The minimum Gasteiger partial charge on any atom is -0.389 e. The van der Waals surface area contributed by atoms with Gasteiger partial charge >= 0.3 is 6.18 Å². The molecule has 0 saturated heterocycles. The van der Waals surface area contributed by atoms with E-state index < -0.39 is 23.9 Å². The maximum Gasteiger partial charge on any atom is 0.416 e. The van der Waals surface area contributed by atoms with Gasteiger partial charge in [-0.1, -0.05) is 0 Å². The Bertz CT molecular complexity index is 428. The monoisotopic (exact) mass is 246 g/mol. The third-order valence-corrected chi connectivity index (χ3v) is 2.08. The van der Waals surface area contributed by atoms with E-state index in [1.807, 2.05) is 0 Å². The van der Waals surface area contributed by atoms with Crippen LogP contribution in [-0.2, 0) is 6.18 Å². The molecule has 0 bridgehead atoms. The van der Waals surface area contributed by atoms with Crippen molar-refractivity contribution in [3.05, 3.63) is 29.6 Å². The lowest BCUT2D eigenvalue weighted by atomic mass is 10.1. The number of nitrogens with zero attached hydrogens (tertiary/aromatic N) is 2. The molecule has 0 amide bonds. The van der Waals surface area contributed by atoms with Crippen molar-refractivity contribution in [1.82, 2.24) is 4.98 Å². The van der Waals surface area contributed by atoms with Crippen LogP contribution in [0.2, 0.25) is 0 Å². The van der Waals surface area contributed by atoms with E-state index in [1.165, 1.54) is 0 Å². The number of pyridine rings is 1. The molecule has 1 aromatic rings. The number of hydrogen-bond donors (Lipinski definition) is 2. The van der Waals surface area contributed by atoms with E-state index in [4.69, 9.17) is 5.26 Å². The first-order valence-corrected chi connectivity index (χ1v) is 4.62. The molecule has 2 N–H and O–H groups in total. The second kappa shape index (κ2) is 5.12. The molecule has 0 spiro atoms. The lowest BCUT2D eigenvalue weighted by Crippen LogP contribution is -2.19. The van der Waals surface area contributed by atoms with Crippen molar-refractivity contribution in [3.8, 4) is 6.07 Å². The molecule has 4 nitrogen and oxygen atoms in total. The van der Waals surface area contributed by atoms with Crippen LogP contribution < -0.4 is 0 Å². The Morgan fingerprint density at radius 2 is 2.06 bits per heavy atom. The molecule has 0 fully saturated rings. The Kier molecular flexibility index (Phi) is 4.04. The molecule has 0 aliphatic heterocycles. The largest absolute Gasteiger partial charge is 0.416 e. The van der Waals surface area contributed by atoms with Gasteiger partial charge in [0.05, 0.1) is 29.9 Å². The van der Waals surface area contributed by atoms with E-state index in [1.54, 1.807) is 6.07 Å². The topological polar surface area (TPSA) is 77.1 Å². The highest BCUT2D eigenvalue weighted by molar-refractivity contribution is 5.21. The van der Waals surface area contributed by atoms with Gasteiger partial charge in [-0.25, -0.2) is 0 Å². The fourth-order valence-corrected chi connectivity index (χ4v) is 1.19. The van der Waals surface area contributed by atoms with E-state index in [0.29, 0.717) is 6.07 Å². The van der Waals surface area contributed by atoms with Gasteiger partial charge in [0.1, 0.15) is 6.10 Å². The van der Waals surface area contributed by atoms with Gasteiger partial charge in [0.2, 0.25) is 0 Å². The molecule has 2 atom stereocenters. The third kappa shape index (κ3) is 3.41. The predicted molar refractivity (Wildman–Crippen MR) is 50.4 cm³/mol. The Balaban J connectivity index is 2.96. The van der Waals surface area contributed by atoms with E-state index >= 15 is 0 Å². The molecule has 17 heavy (non-hydrogen) atoms. The summed E-state index contributed by atoms with van der Waals surface area (Å²) in [5.74, 6) is 0. The van der Waals surface area contributed by atoms with Crippen LogP contribution in [0, 0.1) is 11.3 Å². The average molecular weight is 246 g/mol. The fourth-order valence-electron chi connectivity index (χ4n) is 1.19. The normalized spacial score (nSPS) is 15.1. The molecule has 0 radical (unpaired) electrons. The molecular formula is C10H9F3N2O2. The summed E-state index contributed by atoms with van der Waals surface area (Å²) in [6, 6.07) is 3.00. The summed E-state index contributed by atoms with van der Waals surface area (Å²) in [5.41, 5.74) is -1.28. The molecule has 1 rings (SSSR count). The molecule has 0 aliphatic carbocycles. The summed E-state index contributed by atoms with van der Waals surface area (Å²) in [6.45, 7) is 0. The van der Waals surface area contributed by atoms with Gasteiger partial charge in [0, 0.05) is 6.20 Å².